The molecular weight excluding hydrogens is 859 g/mol. The zero-order valence-electron chi connectivity index (χ0n) is 31.9. The number of aldehydes is 1. The first-order valence-corrected chi connectivity index (χ1v) is 21.8. The van der Waals surface area contributed by atoms with E-state index in [1.54, 1.807) is 77.8 Å². The van der Waals surface area contributed by atoms with Crippen molar-refractivity contribution in [1.82, 2.24) is 35.2 Å². The molecule has 2 amide bonds. The summed E-state index contributed by atoms with van der Waals surface area (Å²) >= 11 is 5.69. The van der Waals surface area contributed by atoms with Gasteiger partial charge in [0.1, 0.15) is 37.3 Å². The number of hydrogen-bond donors (Lipinski definition) is 4. The molecule has 0 radical (unpaired) electrons. The van der Waals surface area contributed by atoms with E-state index in [1.807, 2.05) is 29.6 Å². The first-order chi connectivity index (χ1) is 29.7. The molecule has 2 atom stereocenters. The largest absolute Gasteiger partial charge is 0.320 e. The van der Waals surface area contributed by atoms with Crippen LogP contribution in [0.15, 0.2) is 132 Å². The van der Waals surface area contributed by atoms with Crippen molar-refractivity contribution >= 4 is 73.4 Å². The second kappa shape index (κ2) is 22.9. The highest BCUT2D eigenvalue weighted by atomic mass is 32.1. The second-order valence-electron chi connectivity index (χ2n) is 12.7. The van der Waals surface area contributed by atoms with Gasteiger partial charge in [0.2, 0.25) is 11.8 Å². The van der Waals surface area contributed by atoms with Crippen molar-refractivity contribution in [1.29, 1.82) is 0 Å². The van der Waals surface area contributed by atoms with E-state index in [9.17, 15) is 23.2 Å². The zero-order valence-corrected chi connectivity index (χ0v) is 35.2. The van der Waals surface area contributed by atoms with Crippen LogP contribution in [0.3, 0.4) is 0 Å². The number of nitrogens with two attached hydrogens (primary N) is 1. The van der Waals surface area contributed by atoms with Crippen molar-refractivity contribution in [2.75, 3.05) is 10.6 Å². The molecule has 5 N–H and O–H groups in total. The molecule has 0 saturated carbocycles. The fourth-order valence-electron chi connectivity index (χ4n) is 5.26. The normalized spacial score (nSPS) is 11.5. The van der Waals surface area contributed by atoms with Gasteiger partial charge >= 0.3 is 0 Å². The smallest absolute Gasteiger partial charge is 0.242 e. The average Bonchev–Trinajstić information content (AvgIpc) is 4.15. The number of rotatable bonds is 14. The summed E-state index contributed by atoms with van der Waals surface area (Å²) in [5.74, 6) is -1.10. The molecule has 2 aromatic carbocycles. The molecule has 0 bridgehead atoms. The number of amides is 2. The molecule has 310 valence electrons. The van der Waals surface area contributed by atoms with E-state index < -0.39 is 12.1 Å². The van der Waals surface area contributed by atoms with E-state index in [-0.39, 0.29) is 23.4 Å². The highest BCUT2D eigenvalue weighted by molar-refractivity contribution is 7.19. The third-order valence-electron chi connectivity index (χ3n) is 8.32. The van der Waals surface area contributed by atoms with Crippen LogP contribution in [0.5, 0.6) is 0 Å². The van der Waals surface area contributed by atoms with Gasteiger partial charge < -0.3 is 16.4 Å². The van der Waals surface area contributed by atoms with Gasteiger partial charge in [-0.3, -0.25) is 29.7 Å². The van der Waals surface area contributed by atoms with E-state index in [1.165, 1.54) is 69.6 Å². The summed E-state index contributed by atoms with van der Waals surface area (Å²) in [6.45, 7) is 0.466. The van der Waals surface area contributed by atoms with Gasteiger partial charge in [-0.15, -0.1) is 22.7 Å². The van der Waals surface area contributed by atoms with E-state index >= 15 is 0 Å². The number of halogens is 2. The highest BCUT2D eigenvalue weighted by Gasteiger charge is 2.21. The molecule has 0 aliphatic heterocycles. The van der Waals surface area contributed by atoms with E-state index in [0.29, 0.717) is 35.1 Å². The lowest BCUT2D eigenvalue weighted by Gasteiger charge is -2.17. The number of nitrogens with zero attached hydrogens (tertiary/aromatic N) is 6. The molecule has 0 aliphatic rings. The van der Waals surface area contributed by atoms with Crippen LogP contribution in [0.2, 0.25) is 0 Å². The number of benzene rings is 2. The number of nitrogens with one attached hydrogen (secondary N) is 3. The van der Waals surface area contributed by atoms with Crippen molar-refractivity contribution in [2.24, 2.45) is 5.73 Å². The molecular formula is C42H36F2N10O3S4. The summed E-state index contributed by atoms with van der Waals surface area (Å²) in [5, 5.41) is 15.5. The fourth-order valence-corrected chi connectivity index (χ4v) is 7.96. The third kappa shape index (κ3) is 14.1. The predicted molar refractivity (Wildman–Crippen MR) is 236 cm³/mol. The van der Waals surface area contributed by atoms with E-state index in [4.69, 9.17) is 5.73 Å². The lowest BCUT2D eigenvalue weighted by Crippen LogP contribution is -2.41. The summed E-state index contributed by atoms with van der Waals surface area (Å²) in [5.41, 5.74) is 14.2. The maximum Gasteiger partial charge on any atom is 0.242 e. The Balaban J connectivity index is 0.000000179. The molecule has 6 heterocycles. The van der Waals surface area contributed by atoms with Gasteiger partial charge in [0.15, 0.2) is 6.29 Å². The molecule has 0 aliphatic carbocycles. The predicted octanol–water partition coefficient (Wildman–Crippen LogP) is 7.95. The quantitative estimate of drug-likeness (QED) is 0.0775. The van der Waals surface area contributed by atoms with Crippen LogP contribution in [0.25, 0.3) is 21.1 Å². The summed E-state index contributed by atoms with van der Waals surface area (Å²) < 4.78 is 26.1. The number of hydrogen-bond acceptors (Lipinski definition) is 15. The first-order valence-electron chi connectivity index (χ1n) is 18.2. The summed E-state index contributed by atoms with van der Waals surface area (Å²) in [6.07, 6.45) is 11.5. The summed E-state index contributed by atoms with van der Waals surface area (Å²) in [4.78, 5) is 59.6. The van der Waals surface area contributed by atoms with Crippen molar-refractivity contribution in [3.8, 4) is 21.1 Å². The van der Waals surface area contributed by atoms with Crippen LogP contribution < -0.4 is 21.7 Å². The van der Waals surface area contributed by atoms with E-state index in [0.717, 1.165) is 44.2 Å². The lowest BCUT2D eigenvalue weighted by atomic mass is 10.1. The molecule has 61 heavy (non-hydrogen) atoms. The Hall–Kier alpha value is -6.35. The number of carbonyl (C=O) groups is 3. The van der Waals surface area contributed by atoms with E-state index in [2.05, 4.69) is 45.9 Å². The topological polar surface area (TPSA) is 191 Å². The van der Waals surface area contributed by atoms with Gasteiger partial charge in [-0.25, -0.2) is 28.7 Å². The highest BCUT2D eigenvalue weighted by Crippen LogP contribution is 2.29. The van der Waals surface area contributed by atoms with Gasteiger partial charge in [0.25, 0.3) is 0 Å². The third-order valence-corrected chi connectivity index (χ3v) is 11.5. The Labute approximate surface area is 364 Å². The molecule has 0 fully saturated rings. The molecule has 0 saturated heterocycles. The van der Waals surface area contributed by atoms with Gasteiger partial charge in [-0.1, -0.05) is 46.9 Å². The Morgan fingerprint density at radius 1 is 0.656 bits per heavy atom. The van der Waals surface area contributed by atoms with Crippen LogP contribution >= 0.6 is 45.3 Å². The Morgan fingerprint density at radius 3 is 1.64 bits per heavy atom. The van der Waals surface area contributed by atoms with Crippen LogP contribution in [0.4, 0.5) is 18.8 Å². The van der Waals surface area contributed by atoms with Crippen LogP contribution in [0.1, 0.15) is 27.3 Å². The minimum absolute atomic E-state index is 0.181. The maximum absolute atomic E-state index is 13.2. The molecule has 0 spiro atoms. The van der Waals surface area contributed by atoms with Gasteiger partial charge in [0.05, 0.1) is 41.2 Å². The molecule has 13 nitrogen and oxygen atoms in total. The average molecular weight is 895 g/mol. The molecule has 6 aromatic heterocycles. The SMILES string of the molecule is N[C@@H](Cc1ccc(F)cc1)C(=O)Nc1cnc(-c2ccncc2)s1.O=C(Nc1cnc(-c2ccncc2)s1)[C@H](Cc1ccc(F)cc1)NCc1cscn1.O=Cc1cscn1. The van der Waals surface area contributed by atoms with Crippen LogP contribution in [-0.2, 0) is 29.0 Å². The zero-order chi connectivity index (χ0) is 42.8. The minimum atomic E-state index is -0.720. The fraction of sp³-hybridized carbons (Fsp3) is 0.119. The first kappa shape index (κ1) is 44.2. The Morgan fingerprint density at radius 2 is 1.16 bits per heavy atom. The number of anilines is 2. The molecule has 0 unspecified atom stereocenters. The Bertz CT molecular complexity index is 2540. The van der Waals surface area contributed by atoms with Gasteiger partial charge in [-0.2, -0.15) is 0 Å². The van der Waals surface area contributed by atoms with Gasteiger partial charge in [-0.05, 0) is 72.5 Å². The monoisotopic (exact) mass is 894 g/mol. The Kier molecular flexibility index (Phi) is 16.6. The minimum Gasteiger partial charge on any atom is -0.320 e. The number of aromatic nitrogens is 6. The van der Waals surface area contributed by atoms with Crippen LogP contribution in [0, 0.1) is 11.6 Å². The summed E-state index contributed by atoms with van der Waals surface area (Å²) in [6, 6.07) is 18.3. The number of thiazole rings is 4. The van der Waals surface area contributed by atoms with Crippen molar-refractivity contribution in [2.45, 2.75) is 31.5 Å². The maximum atomic E-state index is 13.2. The molecule has 8 aromatic rings. The van der Waals surface area contributed by atoms with Crippen LogP contribution in [-0.4, -0.2) is 60.1 Å². The lowest BCUT2D eigenvalue weighted by molar-refractivity contribution is -0.118. The standard InChI is InChI=1S/C21H18FN5OS2.C17H15FN4OS.C4H3NOS/c22-16-3-1-14(2-4-16)9-18(24-10-17-12-29-13-26-17)20(28)27-19-11-25-21(30-19)15-5-7-23-8-6-15;18-13-3-1-11(2-4-13)9-14(19)16(23)22-15-10-21-17(24-15)12-5-7-20-8-6-12;6-1-4-2-7-3-5-4/h1-8,11-13,18,24H,9-10H2,(H,27,28);1-8,10,14H,9,19H2,(H,22,23);1-3H/t18-;14-;/m00./s1. The van der Waals surface area contributed by atoms with Crippen molar-refractivity contribution in [3.63, 3.8) is 0 Å². The van der Waals surface area contributed by atoms with Gasteiger partial charge in [0, 0.05) is 53.2 Å². The molecule has 8 rings (SSSR count). The summed E-state index contributed by atoms with van der Waals surface area (Å²) in [7, 11) is 0. The van der Waals surface area contributed by atoms with Crippen molar-refractivity contribution < 1.29 is 23.2 Å². The number of carbonyl (C=O) groups excluding carboxylic acids is 3. The van der Waals surface area contributed by atoms with Crippen molar-refractivity contribution in [3.05, 3.63) is 166 Å². The second-order valence-corrected chi connectivity index (χ2v) is 16.2. The molecule has 19 heteroatoms. The number of pyridine rings is 2.